The lowest BCUT2D eigenvalue weighted by Gasteiger charge is -2.03. The average molecular weight is 223 g/mol. The number of Topliss-reactive ketones (excluding diaryl/α,β-unsaturated/α-hetero) is 1. The molecular formula is C12H11F2NO. The van der Waals surface area contributed by atoms with Gasteiger partial charge in [0.1, 0.15) is 11.6 Å². The third-order valence-electron chi connectivity index (χ3n) is 1.95. The van der Waals surface area contributed by atoms with Gasteiger partial charge in [-0.3, -0.25) is 10.1 Å². The van der Waals surface area contributed by atoms with Crippen LogP contribution in [0.3, 0.4) is 0 Å². The van der Waals surface area contributed by atoms with Crippen molar-refractivity contribution >= 4 is 5.78 Å². The summed E-state index contributed by atoms with van der Waals surface area (Å²) in [6, 6.07) is 3.15. The molecule has 0 aromatic heterocycles. The second-order valence-corrected chi connectivity index (χ2v) is 3.26. The molecule has 1 aromatic carbocycles. The fraction of sp³-hybridized carbons (Fsp3) is 0.250. The highest BCUT2D eigenvalue weighted by Gasteiger charge is 2.08. The van der Waals surface area contributed by atoms with Gasteiger partial charge in [-0.1, -0.05) is 12.0 Å². The molecule has 0 spiro atoms. The molecule has 0 aliphatic rings. The van der Waals surface area contributed by atoms with Gasteiger partial charge >= 0.3 is 0 Å². The third-order valence-corrected chi connectivity index (χ3v) is 1.95. The molecule has 0 saturated carbocycles. The second-order valence-electron chi connectivity index (χ2n) is 3.26. The first kappa shape index (κ1) is 12.3. The van der Waals surface area contributed by atoms with Gasteiger partial charge < -0.3 is 0 Å². The molecule has 0 fully saturated rings. The van der Waals surface area contributed by atoms with Crippen molar-refractivity contribution < 1.29 is 13.6 Å². The molecule has 0 atom stereocenters. The normalized spacial score (nSPS) is 9.81. The van der Waals surface area contributed by atoms with Crippen molar-refractivity contribution in [2.45, 2.75) is 6.42 Å². The summed E-state index contributed by atoms with van der Waals surface area (Å²) in [5.74, 6) is 0.768. The smallest absolute Gasteiger partial charge is 0.151 e. The Bertz CT molecular complexity index is 424. The number of hydrogen-bond donors (Lipinski definition) is 1. The van der Waals surface area contributed by atoms with Crippen molar-refractivity contribution in [3.63, 3.8) is 0 Å². The molecule has 0 unspecified atom stereocenters. The Morgan fingerprint density at radius 3 is 2.81 bits per heavy atom. The maximum absolute atomic E-state index is 13.2. The van der Waals surface area contributed by atoms with Gasteiger partial charge in [-0.15, -0.1) is 6.42 Å². The molecule has 4 heteroatoms. The molecule has 0 bridgehead atoms. The zero-order valence-electron chi connectivity index (χ0n) is 8.59. The zero-order valence-corrected chi connectivity index (χ0v) is 8.59. The van der Waals surface area contributed by atoms with Crippen molar-refractivity contribution in [1.29, 1.82) is 0 Å². The van der Waals surface area contributed by atoms with Crippen molar-refractivity contribution in [3.05, 3.63) is 35.4 Å². The SMILES string of the molecule is C#CCNCC(=O)Cc1ccc(F)cc1F. The molecule has 0 heterocycles. The van der Waals surface area contributed by atoms with Crippen LogP contribution in [-0.4, -0.2) is 18.9 Å². The van der Waals surface area contributed by atoms with Crippen LogP contribution in [0.4, 0.5) is 8.78 Å². The Morgan fingerprint density at radius 1 is 1.44 bits per heavy atom. The van der Waals surface area contributed by atoms with Gasteiger partial charge in [-0.05, 0) is 11.6 Å². The Labute approximate surface area is 92.7 Å². The second kappa shape index (κ2) is 5.99. The maximum atomic E-state index is 13.2. The summed E-state index contributed by atoms with van der Waals surface area (Å²) in [6.07, 6.45) is 4.92. The lowest BCUT2D eigenvalue weighted by Crippen LogP contribution is -2.24. The molecule has 0 aliphatic carbocycles. The van der Waals surface area contributed by atoms with Crippen LogP contribution in [0.25, 0.3) is 0 Å². The van der Waals surface area contributed by atoms with Crippen LogP contribution >= 0.6 is 0 Å². The standard InChI is InChI=1S/C12H11F2NO/c1-2-5-15-8-11(16)6-9-3-4-10(13)7-12(9)14/h1,3-4,7,15H,5-6,8H2. The lowest BCUT2D eigenvalue weighted by atomic mass is 10.1. The van der Waals surface area contributed by atoms with E-state index in [9.17, 15) is 13.6 Å². The van der Waals surface area contributed by atoms with Crippen molar-refractivity contribution in [2.75, 3.05) is 13.1 Å². The monoisotopic (exact) mass is 223 g/mol. The fourth-order valence-corrected chi connectivity index (χ4v) is 1.21. The van der Waals surface area contributed by atoms with Gasteiger partial charge in [0.2, 0.25) is 0 Å². The van der Waals surface area contributed by atoms with Crippen molar-refractivity contribution in [3.8, 4) is 12.3 Å². The highest BCUT2D eigenvalue weighted by atomic mass is 19.1. The number of terminal acetylenes is 1. The number of ketones is 1. The Hall–Kier alpha value is -1.73. The Morgan fingerprint density at radius 2 is 2.19 bits per heavy atom. The Balaban J connectivity index is 2.53. The van der Waals surface area contributed by atoms with E-state index in [2.05, 4.69) is 11.2 Å². The minimum absolute atomic E-state index is 0.0658. The van der Waals surface area contributed by atoms with Crippen LogP contribution in [0, 0.1) is 24.0 Å². The van der Waals surface area contributed by atoms with E-state index in [1.165, 1.54) is 6.07 Å². The molecule has 16 heavy (non-hydrogen) atoms. The van der Waals surface area contributed by atoms with Crippen LogP contribution in [0.15, 0.2) is 18.2 Å². The van der Waals surface area contributed by atoms with E-state index in [1.54, 1.807) is 0 Å². The number of carbonyl (C=O) groups is 1. The van der Waals surface area contributed by atoms with E-state index in [4.69, 9.17) is 6.42 Å². The summed E-state index contributed by atoms with van der Waals surface area (Å²) < 4.78 is 25.7. The van der Waals surface area contributed by atoms with Gasteiger partial charge in [-0.25, -0.2) is 8.78 Å². The number of hydrogen-bond acceptors (Lipinski definition) is 2. The van der Waals surface area contributed by atoms with Gasteiger partial charge in [0.05, 0.1) is 13.1 Å². The molecule has 1 N–H and O–H groups in total. The van der Waals surface area contributed by atoms with Gasteiger partial charge in [0.15, 0.2) is 5.78 Å². The van der Waals surface area contributed by atoms with Gasteiger partial charge in [0, 0.05) is 12.5 Å². The van der Waals surface area contributed by atoms with Crippen molar-refractivity contribution in [1.82, 2.24) is 5.32 Å². The molecule has 0 amide bonds. The third kappa shape index (κ3) is 3.79. The first-order valence-electron chi connectivity index (χ1n) is 4.73. The topological polar surface area (TPSA) is 29.1 Å². The average Bonchev–Trinajstić information content (AvgIpc) is 2.23. The molecule has 1 rings (SSSR count). The largest absolute Gasteiger partial charge is 0.299 e. The first-order valence-corrected chi connectivity index (χ1v) is 4.73. The molecule has 0 radical (unpaired) electrons. The van der Waals surface area contributed by atoms with Crippen LogP contribution < -0.4 is 5.32 Å². The first-order chi connectivity index (χ1) is 7.63. The van der Waals surface area contributed by atoms with E-state index < -0.39 is 11.6 Å². The summed E-state index contributed by atoms with van der Waals surface area (Å²) in [5, 5.41) is 2.70. The molecule has 1 aromatic rings. The maximum Gasteiger partial charge on any atom is 0.151 e. The molecule has 0 saturated heterocycles. The number of halogens is 2. The zero-order chi connectivity index (χ0) is 12.0. The minimum Gasteiger partial charge on any atom is -0.299 e. The number of benzene rings is 1. The summed E-state index contributed by atoms with van der Waals surface area (Å²) >= 11 is 0. The van der Waals surface area contributed by atoms with Crippen LogP contribution in [0.1, 0.15) is 5.56 Å². The Kier molecular flexibility index (Phi) is 4.62. The highest BCUT2D eigenvalue weighted by Crippen LogP contribution is 2.10. The van der Waals surface area contributed by atoms with Gasteiger partial charge in [-0.2, -0.15) is 0 Å². The molecule has 2 nitrogen and oxygen atoms in total. The van der Waals surface area contributed by atoms with Crippen LogP contribution in [-0.2, 0) is 11.2 Å². The summed E-state index contributed by atoms with van der Waals surface area (Å²) in [4.78, 5) is 11.3. The number of rotatable bonds is 5. The fourth-order valence-electron chi connectivity index (χ4n) is 1.21. The quantitative estimate of drug-likeness (QED) is 0.602. The molecule has 84 valence electrons. The van der Waals surface area contributed by atoms with E-state index in [0.29, 0.717) is 0 Å². The number of carbonyl (C=O) groups excluding carboxylic acids is 1. The lowest BCUT2D eigenvalue weighted by molar-refractivity contribution is -0.117. The molecule has 0 aliphatic heterocycles. The molecular weight excluding hydrogens is 212 g/mol. The highest BCUT2D eigenvalue weighted by molar-refractivity contribution is 5.82. The minimum atomic E-state index is -0.703. The predicted molar refractivity (Wildman–Crippen MR) is 56.8 cm³/mol. The summed E-state index contributed by atoms with van der Waals surface area (Å²) in [6.45, 7) is 0.374. The van der Waals surface area contributed by atoms with E-state index in [0.717, 1.165) is 12.1 Å². The van der Waals surface area contributed by atoms with Crippen LogP contribution in [0.2, 0.25) is 0 Å². The van der Waals surface area contributed by atoms with E-state index in [1.807, 2.05) is 0 Å². The van der Waals surface area contributed by atoms with Gasteiger partial charge in [0.25, 0.3) is 0 Å². The van der Waals surface area contributed by atoms with Crippen LogP contribution in [0.5, 0.6) is 0 Å². The summed E-state index contributed by atoms with van der Waals surface area (Å²) in [5.41, 5.74) is 0.189. The van der Waals surface area contributed by atoms with Crippen molar-refractivity contribution in [2.24, 2.45) is 0 Å². The van der Waals surface area contributed by atoms with E-state index in [-0.39, 0.29) is 30.9 Å². The predicted octanol–water partition coefficient (Wildman–Crippen LogP) is 1.30. The van der Waals surface area contributed by atoms with E-state index >= 15 is 0 Å². The summed E-state index contributed by atoms with van der Waals surface area (Å²) in [7, 11) is 0. The number of nitrogens with one attached hydrogen (secondary N) is 1.